The Hall–Kier alpha value is -2.93. The lowest BCUT2D eigenvalue weighted by molar-refractivity contribution is 0.629. The summed E-state index contributed by atoms with van der Waals surface area (Å²) in [6.45, 7) is 1.13. The second-order valence-corrected chi connectivity index (χ2v) is 5.19. The largest absolute Gasteiger partial charge is 0.306 e. The fourth-order valence-electron chi connectivity index (χ4n) is 2.46. The van der Waals surface area contributed by atoms with Crippen molar-refractivity contribution in [1.29, 1.82) is 0 Å². The van der Waals surface area contributed by atoms with Crippen molar-refractivity contribution in [2.75, 3.05) is 0 Å². The summed E-state index contributed by atoms with van der Waals surface area (Å²) in [5.74, 6) is 0.478. The Morgan fingerprint density at radius 1 is 1.09 bits per heavy atom. The Labute approximate surface area is 131 Å². The molecule has 0 aliphatic rings. The van der Waals surface area contributed by atoms with Gasteiger partial charge in [-0.1, -0.05) is 0 Å². The summed E-state index contributed by atoms with van der Waals surface area (Å²) < 4.78 is 15.0. The first-order valence-electron chi connectivity index (χ1n) is 7.20. The van der Waals surface area contributed by atoms with Crippen LogP contribution < -0.4 is 5.32 Å². The fourth-order valence-corrected chi connectivity index (χ4v) is 2.46. The van der Waals surface area contributed by atoms with Crippen molar-refractivity contribution < 1.29 is 4.39 Å². The summed E-state index contributed by atoms with van der Waals surface area (Å²) in [5.41, 5.74) is 2.47. The van der Waals surface area contributed by atoms with E-state index in [4.69, 9.17) is 0 Å². The number of aromatic nitrogens is 5. The van der Waals surface area contributed by atoms with Gasteiger partial charge in [-0.25, -0.2) is 4.39 Å². The lowest BCUT2D eigenvalue weighted by Gasteiger charge is -2.05. The molecule has 0 bridgehead atoms. The van der Waals surface area contributed by atoms with Crippen LogP contribution in [0.3, 0.4) is 0 Å². The predicted octanol–water partition coefficient (Wildman–Crippen LogP) is 2.10. The van der Waals surface area contributed by atoms with E-state index in [-0.39, 0.29) is 5.82 Å². The van der Waals surface area contributed by atoms with Crippen molar-refractivity contribution in [3.63, 3.8) is 0 Å². The number of nitrogens with zero attached hydrogens (tertiary/aromatic N) is 5. The highest BCUT2D eigenvalue weighted by molar-refractivity contribution is 5.78. The molecule has 3 aromatic heterocycles. The van der Waals surface area contributed by atoms with Gasteiger partial charge in [-0.3, -0.25) is 4.98 Å². The first-order valence-corrected chi connectivity index (χ1v) is 7.20. The summed E-state index contributed by atoms with van der Waals surface area (Å²) in [6.07, 6.45) is 3.48. The summed E-state index contributed by atoms with van der Waals surface area (Å²) >= 11 is 0. The van der Waals surface area contributed by atoms with Crippen LogP contribution in [-0.2, 0) is 13.1 Å². The molecule has 0 aliphatic heterocycles. The summed E-state index contributed by atoms with van der Waals surface area (Å²) in [4.78, 5) is 4.34. The maximum Gasteiger partial charge on any atom is 0.177 e. The Kier molecular flexibility index (Phi) is 3.39. The number of fused-ring (bicyclic) bond motifs is 2. The number of benzene rings is 1. The van der Waals surface area contributed by atoms with Gasteiger partial charge in [0.2, 0.25) is 0 Å². The van der Waals surface area contributed by atoms with Gasteiger partial charge in [0.05, 0.1) is 12.1 Å². The average molecular weight is 308 g/mol. The van der Waals surface area contributed by atoms with Gasteiger partial charge in [0.15, 0.2) is 11.5 Å². The van der Waals surface area contributed by atoms with Crippen LogP contribution in [0.4, 0.5) is 4.39 Å². The lowest BCUT2D eigenvalue weighted by Crippen LogP contribution is -2.15. The van der Waals surface area contributed by atoms with E-state index in [2.05, 4.69) is 25.6 Å². The van der Waals surface area contributed by atoms with Gasteiger partial charge >= 0.3 is 0 Å². The van der Waals surface area contributed by atoms with Gasteiger partial charge in [-0.2, -0.15) is 9.61 Å². The van der Waals surface area contributed by atoms with E-state index in [1.807, 2.05) is 18.2 Å². The molecule has 0 aliphatic carbocycles. The Balaban J connectivity index is 1.48. The average Bonchev–Trinajstić information content (AvgIpc) is 2.98. The van der Waals surface area contributed by atoms with E-state index >= 15 is 0 Å². The number of pyridine rings is 1. The highest BCUT2D eigenvalue weighted by Gasteiger charge is 2.05. The molecule has 0 amide bonds. The quantitative estimate of drug-likeness (QED) is 0.625. The van der Waals surface area contributed by atoms with Crippen molar-refractivity contribution in [2.45, 2.75) is 13.1 Å². The second kappa shape index (κ2) is 5.69. The molecular weight excluding hydrogens is 295 g/mol. The van der Waals surface area contributed by atoms with E-state index in [0.29, 0.717) is 18.7 Å². The molecule has 0 saturated carbocycles. The van der Waals surface area contributed by atoms with Gasteiger partial charge in [0, 0.05) is 24.3 Å². The summed E-state index contributed by atoms with van der Waals surface area (Å²) in [5, 5.41) is 16.4. The first kappa shape index (κ1) is 13.7. The highest BCUT2D eigenvalue weighted by atomic mass is 19.1. The minimum absolute atomic E-state index is 0.259. The van der Waals surface area contributed by atoms with Crippen molar-refractivity contribution in [2.24, 2.45) is 0 Å². The molecule has 0 fully saturated rings. The molecule has 4 aromatic rings. The van der Waals surface area contributed by atoms with Crippen LogP contribution >= 0.6 is 0 Å². The Morgan fingerprint density at radius 3 is 3.00 bits per heavy atom. The zero-order valence-corrected chi connectivity index (χ0v) is 12.1. The van der Waals surface area contributed by atoms with Gasteiger partial charge in [0.1, 0.15) is 5.82 Å². The van der Waals surface area contributed by atoms with E-state index in [0.717, 1.165) is 22.3 Å². The van der Waals surface area contributed by atoms with Crippen LogP contribution in [0.25, 0.3) is 16.6 Å². The summed E-state index contributed by atoms with van der Waals surface area (Å²) in [7, 11) is 0. The van der Waals surface area contributed by atoms with Crippen LogP contribution in [0.1, 0.15) is 11.4 Å². The van der Waals surface area contributed by atoms with Crippen molar-refractivity contribution in [1.82, 2.24) is 30.1 Å². The van der Waals surface area contributed by atoms with Gasteiger partial charge < -0.3 is 5.32 Å². The maximum absolute atomic E-state index is 13.3. The van der Waals surface area contributed by atoms with Crippen LogP contribution in [0.2, 0.25) is 0 Å². The van der Waals surface area contributed by atoms with Crippen LogP contribution in [-0.4, -0.2) is 24.8 Å². The fraction of sp³-hybridized carbons (Fsp3) is 0.125. The first-order chi connectivity index (χ1) is 11.3. The van der Waals surface area contributed by atoms with E-state index < -0.39 is 0 Å². The topological polar surface area (TPSA) is 68.0 Å². The molecule has 6 nitrogen and oxygen atoms in total. The highest BCUT2D eigenvalue weighted by Crippen LogP contribution is 2.14. The zero-order chi connectivity index (χ0) is 15.6. The Morgan fingerprint density at radius 2 is 2.04 bits per heavy atom. The maximum atomic E-state index is 13.3. The summed E-state index contributed by atoms with van der Waals surface area (Å²) in [6, 6.07) is 10.2. The van der Waals surface area contributed by atoms with E-state index in [1.165, 1.54) is 12.1 Å². The standard InChI is InChI=1S/C16H13FN6/c17-13-3-4-14-12(7-13)6-11(9-19-14)8-18-10-16-22-21-15-2-1-5-20-23(15)16/h1-7,9,18H,8,10H2. The molecule has 0 unspecified atom stereocenters. The van der Waals surface area contributed by atoms with Crippen LogP contribution in [0.5, 0.6) is 0 Å². The molecule has 0 saturated heterocycles. The van der Waals surface area contributed by atoms with Crippen molar-refractivity contribution in [3.05, 3.63) is 66.0 Å². The third-order valence-electron chi connectivity index (χ3n) is 3.56. The smallest absolute Gasteiger partial charge is 0.177 e. The molecule has 4 rings (SSSR count). The molecule has 114 valence electrons. The van der Waals surface area contributed by atoms with E-state index in [1.54, 1.807) is 23.0 Å². The van der Waals surface area contributed by atoms with Crippen LogP contribution in [0.15, 0.2) is 48.8 Å². The predicted molar refractivity (Wildman–Crippen MR) is 83.0 cm³/mol. The molecule has 1 N–H and O–H groups in total. The molecule has 0 atom stereocenters. The minimum atomic E-state index is -0.259. The van der Waals surface area contributed by atoms with Gasteiger partial charge in [-0.15, -0.1) is 10.2 Å². The van der Waals surface area contributed by atoms with Gasteiger partial charge in [-0.05, 0) is 42.0 Å². The zero-order valence-electron chi connectivity index (χ0n) is 12.1. The Bertz CT molecular complexity index is 981. The number of hydrogen-bond donors (Lipinski definition) is 1. The van der Waals surface area contributed by atoms with Gasteiger partial charge in [0.25, 0.3) is 0 Å². The molecule has 1 aromatic carbocycles. The normalized spacial score (nSPS) is 11.3. The molecule has 0 radical (unpaired) electrons. The molecule has 23 heavy (non-hydrogen) atoms. The van der Waals surface area contributed by atoms with Crippen LogP contribution in [0, 0.1) is 5.82 Å². The molecule has 3 heterocycles. The SMILES string of the molecule is Fc1ccc2ncc(CNCc3nnc4cccnn34)cc2c1. The van der Waals surface area contributed by atoms with Crippen molar-refractivity contribution in [3.8, 4) is 0 Å². The lowest BCUT2D eigenvalue weighted by atomic mass is 10.1. The minimum Gasteiger partial charge on any atom is -0.306 e. The number of hydrogen-bond acceptors (Lipinski definition) is 5. The molecular formula is C16H13FN6. The molecule has 7 heteroatoms. The van der Waals surface area contributed by atoms with Crippen molar-refractivity contribution >= 4 is 16.6 Å². The van der Waals surface area contributed by atoms with E-state index in [9.17, 15) is 4.39 Å². The third-order valence-corrected chi connectivity index (χ3v) is 3.56. The number of rotatable bonds is 4. The third kappa shape index (κ3) is 2.74. The monoisotopic (exact) mass is 308 g/mol. The number of nitrogens with one attached hydrogen (secondary N) is 1. The number of halogens is 1. The second-order valence-electron chi connectivity index (χ2n) is 5.19. The molecule has 0 spiro atoms.